The third-order valence-corrected chi connectivity index (χ3v) is 5.71. The summed E-state index contributed by atoms with van der Waals surface area (Å²) in [6, 6.07) is 0. The zero-order valence-electron chi connectivity index (χ0n) is 9.22. The lowest BCUT2D eigenvalue weighted by atomic mass is 9.51. The summed E-state index contributed by atoms with van der Waals surface area (Å²) >= 11 is 0. The topological polar surface area (TPSA) is 0 Å². The van der Waals surface area contributed by atoms with Crippen LogP contribution >= 0.6 is 0 Å². The Morgan fingerprint density at radius 2 is 1.92 bits per heavy atom. The van der Waals surface area contributed by atoms with Gasteiger partial charge in [-0.25, -0.2) is 0 Å². The van der Waals surface area contributed by atoms with Crippen LogP contribution < -0.4 is 0 Å². The van der Waals surface area contributed by atoms with Crippen LogP contribution in [0.3, 0.4) is 0 Å². The molecule has 3 fully saturated rings. The minimum Gasteiger partial charge on any atom is -0.0648 e. The number of hydrogen-bond donors (Lipinski definition) is 0. The highest BCUT2D eigenvalue weighted by molar-refractivity contribution is 5.13. The van der Waals surface area contributed by atoms with Crippen molar-refractivity contribution >= 4 is 0 Å². The van der Waals surface area contributed by atoms with E-state index in [0.717, 1.165) is 35.0 Å². The van der Waals surface area contributed by atoms with Crippen molar-refractivity contribution in [2.75, 3.05) is 0 Å². The molecule has 3 aliphatic rings. The average Bonchev–Trinajstić information content (AvgIpc) is 2.31. The maximum Gasteiger partial charge on any atom is -0.0261 e. The van der Waals surface area contributed by atoms with Gasteiger partial charge in [-0.2, -0.15) is 0 Å². The average molecular weight is 178 g/mol. The van der Waals surface area contributed by atoms with E-state index in [4.69, 9.17) is 0 Å². The molecule has 13 heavy (non-hydrogen) atoms. The summed E-state index contributed by atoms with van der Waals surface area (Å²) in [4.78, 5) is 0. The minimum atomic E-state index is 0.833. The van der Waals surface area contributed by atoms with Crippen LogP contribution in [0.2, 0.25) is 0 Å². The number of fused-ring (bicyclic) bond motifs is 3. The first-order valence-corrected chi connectivity index (χ1v) is 6.18. The van der Waals surface area contributed by atoms with Crippen LogP contribution in [0.4, 0.5) is 0 Å². The summed E-state index contributed by atoms with van der Waals surface area (Å²) in [5.74, 6) is 5.53. The molecule has 0 heteroatoms. The molecule has 0 bridgehead atoms. The van der Waals surface area contributed by atoms with Crippen LogP contribution in [-0.4, -0.2) is 0 Å². The van der Waals surface area contributed by atoms with Gasteiger partial charge in [0.2, 0.25) is 0 Å². The first kappa shape index (κ1) is 8.32. The normalized spacial score (nSPS) is 63.5. The van der Waals surface area contributed by atoms with Gasteiger partial charge in [-0.15, -0.1) is 0 Å². The molecule has 0 saturated heterocycles. The Kier molecular flexibility index (Phi) is 1.49. The van der Waals surface area contributed by atoms with Crippen LogP contribution in [-0.2, 0) is 0 Å². The highest BCUT2D eigenvalue weighted by atomic mass is 14.7. The van der Waals surface area contributed by atoms with E-state index in [1.54, 1.807) is 19.3 Å². The Labute approximate surface area is 82.1 Å². The summed E-state index contributed by atoms with van der Waals surface area (Å²) in [5, 5.41) is 0. The summed E-state index contributed by atoms with van der Waals surface area (Å²) in [5.41, 5.74) is 0.833. The lowest BCUT2D eigenvalue weighted by Crippen LogP contribution is -2.47. The molecule has 0 heterocycles. The first-order chi connectivity index (χ1) is 6.18. The van der Waals surface area contributed by atoms with E-state index in [9.17, 15) is 0 Å². The van der Waals surface area contributed by atoms with Gasteiger partial charge in [0, 0.05) is 0 Å². The summed E-state index contributed by atoms with van der Waals surface area (Å²) in [7, 11) is 0. The van der Waals surface area contributed by atoms with Crippen molar-refractivity contribution in [3.8, 4) is 0 Å². The second-order valence-corrected chi connectivity index (χ2v) is 6.18. The standard InChI is InChI=1S/C13H22/c1-4-13-6-9(3)12(13)11-8(2)5-10(11)7-13/h8-12H,4-7H2,1-3H3. The predicted octanol–water partition coefficient (Wildman–Crippen LogP) is 3.71. The van der Waals surface area contributed by atoms with Crippen LogP contribution in [0.5, 0.6) is 0 Å². The molecule has 6 unspecified atom stereocenters. The molecule has 0 aromatic heterocycles. The maximum atomic E-state index is 2.49. The Balaban J connectivity index is 1.88. The first-order valence-electron chi connectivity index (χ1n) is 6.18. The molecule has 0 aliphatic heterocycles. The van der Waals surface area contributed by atoms with E-state index >= 15 is 0 Å². The van der Waals surface area contributed by atoms with Crippen LogP contribution in [0.15, 0.2) is 0 Å². The molecule has 0 nitrogen and oxygen atoms in total. The van der Waals surface area contributed by atoms with Crippen molar-refractivity contribution < 1.29 is 0 Å². The SMILES string of the molecule is CCC12CC(C)C1C1C(C)CC1C2. The maximum absolute atomic E-state index is 2.49. The van der Waals surface area contributed by atoms with Crippen LogP contribution in [0.25, 0.3) is 0 Å². The molecular weight excluding hydrogens is 156 g/mol. The van der Waals surface area contributed by atoms with Gasteiger partial charge in [0.25, 0.3) is 0 Å². The highest BCUT2D eigenvalue weighted by Gasteiger charge is 2.65. The van der Waals surface area contributed by atoms with Crippen molar-refractivity contribution in [1.29, 1.82) is 0 Å². The van der Waals surface area contributed by atoms with Crippen molar-refractivity contribution in [3.05, 3.63) is 0 Å². The Bertz CT molecular complexity index is 232. The third kappa shape index (κ3) is 0.789. The Morgan fingerprint density at radius 3 is 2.46 bits per heavy atom. The van der Waals surface area contributed by atoms with Gasteiger partial charge in [0.15, 0.2) is 0 Å². The fraction of sp³-hybridized carbons (Fsp3) is 1.00. The molecule has 3 saturated carbocycles. The van der Waals surface area contributed by atoms with Crippen LogP contribution in [0, 0.1) is 35.0 Å². The minimum absolute atomic E-state index is 0.833. The van der Waals surface area contributed by atoms with Gasteiger partial charge >= 0.3 is 0 Å². The van der Waals surface area contributed by atoms with Crippen molar-refractivity contribution in [3.63, 3.8) is 0 Å². The fourth-order valence-electron chi connectivity index (χ4n) is 5.33. The van der Waals surface area contributed by atoms with Crippen LogP contribution in [0.1, 0.15) is 46.5 Å². The molecule has 0 spiro atoms. The molecule has 0 aromatic carbocycles. The second-order valence-electron chi connectivity index (χ2n) is 6.18. The highest BCUT2D eigenvalue weighted by Crippen LogP contribution is 2.72. The molecule has 0 N–H and O–H groups in total. The van der Waals surface area contributed by atoms with E-state index in [2.05, 4.69) is 20.8 Å². The molecule has 74 valence electrons. The van der Waals surface area contributed by atoms with Gasteiger partial charge in [-0.05, 0) is 54.3 Å². The van der Waals surface area contributed by atoms with Crippen molar-refractivity contribution in [2.24, 2.45) is 35.0 Å². The molecule has 3 rings (SSSR count). The van der Waals surface area contributed by atoms with E-state index in [1.165, 1.54) is 6.42 Å². The molecule has 0 aromatic rings. The van der Waals surface area contributed by atoms with Gasteiger partial charge in [0.1, 0.15) is 0 Å². The third-order valence-electron chi connectivity index (χ3n) is 5.71. The lowest BCUT2D eigenvalue weighted by molar-refractivity contribution is -0.0554. The summed E-state index contributed by atoms with van der Waals surface area (Å²) < 4.78 is 0. The lowest BCUT2D eigenvalue weighted by Gasteiger charge is -2.54. The zero-order valence-corrected chi connectivity index (χ0v) is 9.22. The van der Waals surface area contributed by atoms with Crippen molar-refractivity contribution in [2.45, 2.75) is 46.5 Å². The van der Waals surface area contributed by atoms with E-state index in [-0.39, 0.29) is 0 Å². The number of rotatable bonds is 1. The molecule has 0 amide bonds. The smallest absolute Gasteiger partial charge is 0.0261 e. The quantitative estimate of drug-likeness (QED) is 0.574. The van der Waals surface area contributed by atoms with Gasteiger partial charge < -0.3 is 0 Å². The van der Waals surface area contributed by atoms with E-state index < -0.39 is 0 Å². The fourth-order valence-corrected chi connectivity index (χ4v) is 5.33. The van der Waals surface area contributed by atoms with Crippen molar-refractivity contribution in [1.82, 2.24) is 0 Å². The van der Waals surface area contributed by atoms with E-state index in [1.807, 2.05) is 0 Å². The number of hydrogen-bond acceptors (Lipinski definition) is 0. The van der Waals surface area contributed by atoms with Gasteiger partial charge in [-0.3, -0.25) is 0 Å². The molecule has 0 radical (unpaired) electrons. The van der Waals surface area contributed by atoms with E-state index in [0.29, 0.717) is 0 Å². The van der Waals surface area contributed by atoms with Gasteiger partial charge in [0.05, 0.1) is 0 Å². The summed E-state index contributed by atoms with van der Waals surface area (Å²) in [6.07, 6.45) is 6.15. The Morgan fingerprint density at radius 1 is 1.15 bits per heavy atom. The molecule has 3 aliphatic carbocycles. The molecule has 6 atom stereocenters. The largest absolute Gasteiger partial charge is 0.0648 e. The van der Waals surface area contributed by atoms with Gasteiger partial charge in [-0.1, -0.05) is 27.2 Å². The predicted molar refractivity (Wildman–Crippen MR) is 55.4 cm³/mol. The zero-order chi connectivity index (χ0) is 9.22. The Hall–Kier alpha value is 0. The second kappa shape index (κ2) is 2.32. The summed E-state index contributed by atoms with van der Waals surface area (Å²) in [6.45, 7) is 7.40. The monoisotopic (exact) mass is 178 g/mol. The molecular formula is C13H22.